The van der Waals surface area contributed by atoms with Crippen LogP contribution < -0.4 is 10.2 Å². The number of alkyl halides is 3. The van der Waals surface area contributed by atoms with Crippen LogP contribution in [0.5, 0.6) is 0 Å². The number of piperazine rings is 1. The molecule has 0 radical (unpaired) electrons. The van der Waals surface area contributed by atoms with E-state index >= 15 is 0 Å². The molecule has 1 amide bonds. The molecule has 210 valence electrons. The lowest BCUT2D eigenvalue weighted by Gasteiger charge is -2.34. The van der Waals surface area contributed by atoms with Crippen LogP contribution >= 0.6 is 0 Å². The van der Waals surface area contributed by atoms with Crippen molar-refractivity contribution in [2.75, 3.05) is 43.4 Å². The molecule has 0 unspecified atom stereocenters. The summed E-state index contributed by atoms with van der Waals surface area (Å²) in [5.41, 5.74) is 3.34. The highest BCUT2D eigenvalue weighted by atomic mass is 19.4. The van der Waals surface area contributed by atoms with E-state index in [0.717, 1.165) is 36.5 Å². The van der Waals surface area contributed by atoms with Gasteiger partial charge in [0.15, 0.2) is 5.65 Å². The number of imidazole rings is 1. The second-order valence-electron chi connectivity index (χ2n) is 10.0. The van der Waals surface area contributed by atoms with Gasteiger partial charge in [0.25, 0.3) is 5.91 Å². The predicted octanol–water partition coefficient (Wildman–Crippen LogP) is 4.31. The molecular formula is C28H26F3N9O. The summed E-state index contributed by atoms with van der Waals surface area (Å²) in [4.78, 5) is 25.7. The zero-order valence-corrected chi connectivity index (χ0v) is 22.3. The number of nitrogens with one attached hydrogen (secondary N) is 1. The van der Waals surface area contributed by atoms with Crippen LogP contribution in [0.3, 0.4) is 0 Å². The van der Waals surface area contributed by atoms with Gasteiger partial charge in [-0.2, -0.15) is 13.2 Å². The van der Waals surface area contributed by atoms with E-state index in [0.29, 0.717) is 35.8 Å². The minimum atomic E-state index is -4.55. The van der Waals surface area contributed by atoms with Crippen LogP contribution in [0.1, 0.15) is 21.5 Å². The molecular weight excluding hydrogens is 535 g/mol. The number of anilines is 2. The van der Waals surface area contributed by atoms with Crippen molar-refractivity contribution in [1.29, 1.82) is 0 Å². The highest BCUT2D eigenvalue weighted by molar-refractivity contribution is 6.05. The summed E-state index contributed by atoms with van der Waals surface area (Å²) in [6.45, 7) is 4.54. The molecule has 0 atom stereocenters. The number of carbonyl (C=O) groups excluding carboxylic acids is 1. The van der Waals surface area contributed by atoms with E-state index in [4.69, 9.17) is 0 Å². The Bertz CT molecular complexity index is 1740. The second-order valence-corrected chi connectivity index (χ2v) is 10.0. The largest absolute Gasteiger partial charge is 0.416 e. The third kappa shape index (κ3) is 5.35. The third-order valence-corrected chi connectivity index (χ3v) is 7.16. The number of hydrogen-bond acceptors (Lipinski definition) is 7. The van der Waals surface area contributed by atoms with Gasteiger partial charge < -0.3 is 15.1 Å². The number of fused-ring (bicyclic) bond motifs is 1. The van der Waals surface area contributed by atoms with Crippen molar-refractivity contribution in [3.05, 3.63) is 84.1 Å². The van der Waals surface area contributed by atoms with Gasteiger partial charge in [0.2, 0.25) is 0 Å². The van der Waals surface area contributed by atoms with E-state index in [1.807, 2.05) is 23.3 Å². The first-order valence-electron chi connectivity index (χ1n) is 12.9. The zero-order chi connectivity index (χ0) is 28.7. The lowest BCUT2D eigenvalue weighted by Crippen LogP contribution is -2.44. The normalized spacial score (nSPS) is 14.5. The van der Waals surface area contributed by atoms with Gasteiger partial charge >= 0.3 is 6.18 Å². The fourth-order valence-corrected chi connectivity index (χ4v) is 4.83. The summed E-state index contributed by atoms with van der Waals surface area (Å²) < 4.78 is 44.6. The second kappa shape index (κ2) is 10.3. The molecule has 10 nitrogen and oxygen atoms in total. The lowest BCUT2D eigenvalue weighted by atomic mass is 10.1. The van der Waals surface area contributed by atoms with Gasteiger partial charge in [-0.15, -0.1) is 5.10 Å². The number of aromatic nitrogens is 6. The molecule has 1 aliphatic heterocycles. The van der Waals surface area contributed by atoms with Crippen molar-refractivity contribution >= 4 is 22.9 Å². The maximum atomic E-state index is 13.7. The summed E-state index contributed by atoms with van der Waals surface area (Å²) in [5, 5.41) is 11.2. The molecule has 0 aliphatic carbocycles. The molecule has 13 heteroatoms. The van der Waals surface area contributed by atoms with E-state index in [9.17, 15) is 18.0 Å². The number of aryl methyl sites for hydroxylation is 1. The Kier molecular flexibility index (Phi) is 6.66. The minimum Gasteiger partial charge on any atom is -0.369 e. The minimum absolute atomic E-state index is 0.0750. The lowest BCUT2D eigenvalue weighted by molar-refractivity contribution is -0.137. The van der Waals surface area contributed by atoms with Crippen molar-refractivity contribution in [1.82, 2.24) is 34.3 Å². The molecule has 0 bridgehead atoms. The van der Waals surface area contributed by atoms with Crippen LogP contribution in [0.4, 0.5) is 24.5 Å². The summed E-state index contributed by atoms with van der Waals surface area (Å²) in [6, 6.07) is 8.69. The fraction of sp³-hybridized carbons (Fsp3) is 0.250. The molecule has 2 aromatic carbocycles. The molecule has 3 aromatic heterocycles. The zero-order valence-electron chi connectivity index (χ0n) is 22.3. The van der Waals surface area contributed by atoms with Gasteiger partial charge in [-0.1, -0.05) is 11.3 Å². The third-order valence-electron chi connectivity index (χ3n) is 7.16. The van der Waals surface area contributed by atoms with Crippen LogP contribution in [-0.4, -0.2) is 73.4 Å². The Hall–Kier alpha value is -4.78. The SMILES string of the molecule is Cc1ccc(C(=O)Nc2cc(N3CCN(C)CC3)cc(C(F)(F)F)c2)cc1-n1cc(-c2cnc3cnccn23)nn1. The van der Waals surface area contributed by atoms with E-state index < -0.39 is 17.6 Å². The number of benzene rings is 2. The number of amides is 1. The number of likely N-dealkylation sites (N-methyl/N-ethyl adjacent to an activating group) is 1. The van der Waals surface area contributed by atoms with Gasteiger partial charge in [0.1, 0.15) is 5.69 Å². The first-order valence-corrected chi connectivity index (χ1v) is 12.9. The van der Waals surface area contributed by atoms with E-state index in [-0.39, 0.29) is 11.3 Å². The van der Waals surface area contributed by atoms with Gasteiger partial charge in [-0.05, 0) is 49.9 Å². The molecule has 1 N–H and O–H groups in total. The van der Waals surface area contributed by atoms with Crippen molar-refractivity contribution < 1.29 is 18.0 Å². The van der Waals surface area contributed by atoms with E-state index in [1.54, 1.807) is 59.9 Å². The Morgan fingerprint density at radius 1 is 1.02 bits per heavy atom. The first-order chi connectivity index (χ1) is 19.7. The van der Waals surface area contributed by atoms with Crippen molar-refractivity contribution in [3.8, 4) is 17.1 Å². The molecule has 1 saturated heterocycles. The highest BCUT2D eigenvalue weighted by Crippen LogP contribution is 2.35. The van der Waals surface area contributed by atoms with Crippen LogP contribution in [0.2, 0.25) is 0 Å². The maximum Gasteiger partial charge on any atom is 0.416 e. The van der Waals surface area contributed by atoms with Crippen LogP contribution in [0.25, 0.3) is 22.7 Å². The summed E-state index contributed by atoms with van der Waals surface area (Å²) in [6.07, 6.45) is 3.90. The fourth-order valence-electron chi connectivity index (χ4n) is 4.83. The van der Waals surface area contributed by atoms with Crippen molar-refractivity contribution in [2.24, 2.45) is 0 Å². The highest BCUT2D eigenvalue weighted by Gasteiger charge is 2.32. The molecule has 5 aromatic rings. The maximum absolute atomic E-state index is 13.7. The van der Waals surface area contributed by atoms with E-state index in [2.05, 4.69) is 30.5 Å². The summed E-state index contributed by atoms with van der Waals surface area (Å²) >= 11 is 0. The Labute approximate surface area is 233 Å². The molecule has 1 fully saturated rings. The summed E-state index contributed by atoms with van der Waals surface area (Å²) in [7, 11) is 1.97. The van der Waals surface area contributed by atoms with Crippen molar-refractivity contribution in [3.63, 3.8) is 0 Å². The molecule has 0 saturated carbocycles. The Balaban J connectivity index is 1.28. The van der Waals surface area contributed by atoms with Gasteiger partial charge in [-0.25, -0.2) is 9.67 Å². The number of carbonyl (C=O) groups is 1. The monoisotopic (exact) mass is 561 g/mol. The van der Waals surface area contributed by atoms with Crippen molar-refractivity contribution in [2.45, 2.75) is 13.1 Å². The van der Waals surface area contributed by atoms with Crippen LogP contribution in [0.15, 0.2) is 67.4 Å². The average molecular weight is 562 g/mol. The Morgan fingerprint density at radius 2 is 1.83 bits per heavy atom. The topological polar surface area (TPSA) is 96.5 Å². The smallest absolute Gasteiger partial charge is 0.369 e. The number of hydrogen-bond donors (Lipinski definition) is 1. The quantitative estimate of drug-likeness (QED) is 0.342. The van der Waals surface area contributed by atoms with E-state index in [1.165, 1.54) is 0 Å². The van der Waals surface area contributed by atoms with Gasteiger partial charge in [0, 0.05) is 55.5 Å². The van der Waals surface area contributed by atoms with Gasteiger partial charge in [-0.3, -0.25) is 14.2 Å². The van der Waals surface area contributed by atoms with Gasteiger partial charge in [0.05, 0.1) is 35.5 Å². The number of nitrogens with zero attached hydrogens (tertiary/aromatic N) is 8. The molecule has 4 heterocycles. The average Bonchev–Trinajstić information content (AvgIpc) is 3.60. The Morgan fingerprint density at radius 3 is 2.61 bits per heavy atom. The molecule has 41 heavy (non-hydrogen) atoms. The van der Waals surface area contributed by atoms with Crippen LogP contribution in [-0.2, 0) is 6.18 Å². The molecule has 1 aliphatic rings. The number of rotatable bonds is 5. The summed E-state index contributed by atoms with van der Waals surface area (Å²) in [5.74, 6) is -0.537. The first kappa shape index (κ1) is 26.4. The standard InChI is InChI=1S/C28H26F3N9O/c1-18-3-4-19(11-24(18)40-17-23(35-36-40)25-15-33-26-16-32-5-6-39(25)26)27(41)34-21-12-20(28(29,30)31)13-22(14-21)38-9-7-37(2)8-10-38/h3-6,11-17H,7-10H2,1-2H3,(H,34,41). The molecule has 0 spiro atoms. The number of halogens is 3. The molecule has 6 rings (SSSR count). The van der Waals surface area contributed by atoms with Crippen LogP contribution in [0, 0.1) is 6.92 Å². The predicted molar refractivity (Wildman–Crippen MR) is 147 cm³/mol.